The Kier molecular flexibility index (Phi) is 5.03. The smallest absolute Gasteiger partial charge is 0.336 e. The highest BCUT2D eigenvalue weighted by atomic mass is 35.5. The lowest BCUT2D eigenvalue weighted by atomic mass is 10.0. The summed E-state index contributed by atoms with van der Waals surface area (Å²) in [7, 11) is 0. The summed E-state index contributed by atoms with van der Waals surface area (Å²) in [6, 6.07) is 15.9. The normalized spacial score (nSPS) is 12.5. The van der Waals surface area contributed by atoms with E-state index in [1.165, 1.54) is 11.1 Å². The van der Waals surface area contributed by atoms with Crippen LogP contribution < -0.4 is 10.9 Å². The van der Waals surface area contributed by atoms with Crippen LogP contribution in [0.5, 0.6) is 0 Å². The first-order valence-corrected chi connectivity index (χ1v) is 8.59. The van der Waals surface area contributed by atoms with Crippen LogP contribution in [0.3, 0.4) is 0 Å². The number of aryl methyl sites for hydroxylation is 1. The molecule has 0 bridgehead atoms. The Balaban J connectivity index is 1.84. The van der Waals surface area contributed by atoms with Gasteiger partial charge in [-0.25, -0.2) is 4.79 Å². The molecule has 4 heteroatoms. The minimum atomic E-state index is -0.293. The molecule has 2 N–H and O–H groups in total. The SMILES string of the molecule is CCc1ccc2c(C[NH2+][C@H](C)c3ccc(Cl)cc3)cc(=O)oc2c1. The van der Waals surface area contributed by atoms with Crippen LogP contribution >= 0.6 is 11.6 Å². The molecular weight excluding hydrogens is 322 g/mol. The van der Waals surface area contributed by atoms with Gasteiger partial charge in [0.05, 0.1) is 0 Å². The zero-order valence-corrected chi connectivity index (χ0v) is 14.6. The first-order valence-electron chi connectivity index (χ1n) is 8.21. The van der Waals surface area contributed by atoms with Gasteiger partial charge in [-0.1, -0.05) is 42.8 Å². The summed E-state index contributed by atoms with van der Waals surface area (Å²) in [5.74, 6) is 0. The molecule has 2 aromatic carbocycles. The maximum Gasteiger partial charge on any atom is 0.336 e. The molecule has 0 aliphatic rings. The lowest BCUT2D eigenvalue weighted by Crippen LogP contribution is -2.83. The highest BCUT2D eigenvalue weighted by molar-refractivity contribution is 6.30. The fourth-order valence-electron chi connectivity index (χ4n) is 2.87. The third-order valence-corrected chi connectivity index (χ3v) is 4.64. The summed E-state index contributed by atoms with van der Waals surface area (Å²) < 4.78 is 5.37. The summed E-state index contributed by atoms with van der Waals surface area (Å²) in [5.41, 5.74) is 3.76. The van der Waals surface area contributed by atoms with E-state index in [1.54, 1.807) is 6.07 Å². The van der Waals surface area contributed by atoms with Crippen LogP contribution in [0.1, 0.15) is 36.6 Å². The summed E-state index contributed by atoms with van der Waals surface area (Å²) in [6.07, 6.45) is 0.920. The van der Waals surface area contributed by atoms with Gasteiger partial charge in [0.15, 0.2) is 0 Å². The van der Waals surface area contributed by atoms with Crippen molar-refractivity contribution in [2.75, 3.05) is 0 Å². The number of hydrogen-bond donors (Lipinski definition) is 1. The predicted molar refractivity (Wildman–Crippen MR) is 97.4 cm³/mol. The van der Waals surface area contributed by atoms with Crippen molar-refractivity contribution in [2.45, 2.75) is 32.9 Å². The molecule has 0 saturated carbocycles. The van der Waals surface area contributed by atoms with E-state index >= 15 is 0 Å². The third-order valence-electron chi connectivity index (χ3n) is 4.39. The van der Waals surface area contributed by atoms with E-state index in [-0.39, 0.29) is 11.7 Å². The first-order chi connectivity index (χ1) is 11.6. The van der Waals surface area contributed by atoms with Crippen LogP contribution in [-0.2, 0) is 13.0 Å². The van der Waals surface area contributed by atoms with Crippen molar-refractivity contribution in [1.29, 1.82) is 0 Å². The standard InChI is InChI=1S/C20H20ClNO2/c1-3-14-4-9-18-16(11-20(23)24-19(18)10-14)12-22-13(2)15-5-7-17(21)8-6-15/h4-11,13,22H,3,12H2,1-2H3/p+1/t13-/m1/s1. The van der Waals surface area contributed by atoms with Crippen molar-refractivity contribution in [1.82, 2.24) is 0 Å². The molecule has 0 fully saturated rings. The van der Waals surface area contributed by atoms with E-state index in [0.717, 1.165) is 28.9 Å². The monoisotopic (exact) mass is 342 g/mol. The fourth-order valence-corrected chi connectivity index (χ4v) is 3.00. The van der Waals surface area contributed by atoms with E-state index in [2.05, 4.69) is 25.2 Å². The Morgan fingerprint density at radius 2 is 1.88 bits per heavy atom. The largest absolute Gasteiger partial charge is 0.423 e. The molecule has 0 aliphatic heterocycles. The number of halogens is 1. The van der Waals surface area contributed by atoms with Crippen LogP contribution in [0.2, 0.25) is 5.02 Å². The van der Waals surface area contributed by atoms with E-state index in [9.17, 15) is 4.79 Å². The van der Waals surface area contributed by atoms with E-state index in [0.29, 0.717) is 5.58 Å². The highest BCUT2D eigenvalue weighted by Crippen LogP contribution is 2.19. The first kappa shape index (κ1) is 16.7. The molecule has 0 spiro atoms. The molecule has 1 atom stereocenters. The molecule has 0 radical (unpaired) electrons. The predicted octanol–water partition coefficient (Wildman–Crippen LogP) is 3.83. The molecule has 0 amide bonds. The number of nitrogens with two attached hydrogens (primary N) is 1. The van der Waals surface area contributed by atoms with Crippen LogP contribution in [0.15, 0.2) is 57.7 Å². The van der Waals surface area contributed by atoms with E-state index < -0.39 is 0 Å². The van der Waals surface area contributed by atoms with Gasteiger partial charge in [-0.05, 0) is 37.1 Å². The minimum Gasteiger partial charge on any atom is -0.423 e. The second-order valence-electron chi connectivity index (χ2n) is 6.05. The number of hydrogen-bond acceptors (Lipinski definition) is 2. The van der Waals surface area contributed by atoms with Gasteiger partial charge in [-0.15, -0.1) is 0 Å². The Bertz CT molecular complexity index is 900. The minimum absolute atomic E-state index is 0.277. The van der Waals surface area contributed by atoms with Gasteiger partial charge >= 0.3 is 5.63 Å². The summed E-state index contributed by atoms with van der Waals surface area (Å²) in [6.45, 7) is 4.95. The quantitative estimate of drug-likeness (QED) is 0.716. The Labute approximate surface area is 146 Å². The molecule has 1 aromatic heterocycles. The summed E-state index contributed by atoms with van der Waals surface area (Å²) >= 11 is 5.94. The molecular formula is C20H21ClNO2+. The maximum absolute atomic E-state index is 11.9. The summed E-state index contributed by atoms with van der Waals surface area (Å²) in [4.78, 5) is 11.9. The van der Waals surface area contributed by atoms with Gasteiger partial charge in [0.2, 0.25) is 0 Å². The second kappa shape index (κ2) is 7.20. The van der Waals surface area contributed by atoms with Crippen molar-refractivity contribution in [2.24, 2.45) is 0 Å². The van der Waals surface area contributed by atoms with Crippen molar-refractivity contribution in [3.8, 4) is 0 Å². The van der Waals surface area contributed by atoms with Crippen molar-refractivity contribution < 1.29 is 9.73 Å². The van der Waals surface area contributed by atoms with E-state index in [1.807, 2.05) is 36.4 Å². The highest BCUT2D eigenvalue weighted by Gasteiger charge is 2.12. The zero-order valence-electron chi connectivity index (χ0n) is 13.9. The number of quaternary nitrogens is 1. The average molecular weight is 343 g/mol. The third kappa shape index (κ3) is 3.69. The van der Waals surface area contributed by atoms with Gasteiger partial charge in [-0.3, -0.25) is 0 Å². The van der Waals surface area contributed by atoms with Gasteiger partial charge in [-0.2, -0.15) is 0 Å². The molecule has 24 heavy (non-hydrogen) atoms. The Hall–Kier alpha value is -2.10. The molecule has 0 aliphatic carbocycles. The molecule has 0 unspecified atom stereocenters. The lowest BCUT2D eigenvalue weighted by Gasteiger charge is -2.12. The van der Waals surface area contributed by atoms with Crippen LogP contribution in [0.4, 0.5) is 0 Å². The topological polar surface area (TPSA) is 46.8 Å². The summed E-state index contributed by atoms with van der Waals surface area (Å²) in [5, 5.41) is 3.96. The molecule has 1 heterocycles. The molecule has 0 saturated heterocycles. The number of benzene rings is 2. The fraction of sp³-hybridized carbons (Fsp3) is 0.250. The Morgan fingerprint density at radius 3 is 2.58 bits per heavy atom. The van der Waals surface area contributed by atoms with Crippen LogP contribution in [0.25, 0.3) is 11.0 Å². The maximum atomic E-state index is 11.9. The van der Waals surface area contributed by atoms with Gasteiger partial charge in [0.25, 0.3) is 0 Å². The van der Waals surface area contributed by atoms with Crippen molar-refractivity contribution >= 4 is 22.6 Å². The van der Waals surface area contributed by atoms with E-state index in [4.69, 9.17) is 16.0 Å². The molecule has 3 nitrogen and oxygen atoms in total. The molecule has 3 rings (SSSR count). The zero-order chi connectivity index (χ0) is 17.1. The van der Waals surface area contributed by atoms with Gasteiger partial charge < -0.3 is 9.73 Å². The van der Waals surface area contributed by atoms with Gasteiger partial charge in [0, 0.05) is 27.6 Å². The number of rotatable bonds is 5. The lowest BCUT2D eigenvalue weighted by molar-refractivity contribution is -0.707. The molecule has 3 aromatic rings. The Morgan fingerprint density at radius 1 is 1.12 bits per heavy atom. The van der Waals surface area contributed by atoms with Crippen molar-refractivity contribution in [3.05, 3.63) is 80.7 Å². The van der Waals surface area contributed by atoms with Gasteiger partial charge in [0.1, 0.15) is 18.2 Å². The number of fused-ring (bicyclic) bond motifs is 1. The second-order valence-corrected chi connectivity index (χ2v) is 6.49. The van der Waals surface area contributed by atoms with Crippen LogP contribution in [-0.4, -0.2) is 0 Å². The average Bonchev–Trinajstić information content (AvgIpc) is 2.59. The van der Waals surface area contributed by atoms with Crippen LogP contribution in [0, 0.1) is 0 Å². The molecule has 124 valence electrons. The van der Waals surface area contributed by atoms with Crippen molar-refractivity contribution in [3.63, 3.8) is 0 Å².